The van der Waals surface area contributed by atoms with Gasteiger partial charge in [0, 0.05) is 44.0 Å². The van der Waals surface area contributed by atoms with Gasteiger partial charge in [0.25, 0.3) is 5.91 Å². The Balaban J connectivity index is 1.63. The maximum atomic E-state index is 13.0. The highest BCUT2D eigenvalue weighted by atomic mass is 28.3. The molecule has 0 radical (unpaired) electrons. The fraction of sp³-hybridized carbons (Fsp3) is 0.273. The van der Waals surface area contributed by atoms with E-state index < -0.39 is 19.9 Å². The van der Waals surface area contributed by atoms with Gasteiger partial charge in [0.05, 0.1) is 11.1 Å². The third kappa shape index (κ3) is 4.78. The first-order valence-corrected chi connectivity index (χ1v) is 13.8. The highest BCUT2D eigenvalue weighted by Gasteiger charge is 2.16. The zero-order valence-electron chi connectivity index (χ0n) is 17.7. The Hall–Kier alpha value is -3.17. The van der Waals surface area contributed by atoms with E-state index in [2.05, 4.69) is 39.9 Å². The quantitative estimate of drug-likeness (QED) is 0.258. The molecule has 0 aliphatic heterocycles. The Morgan fingerprint density at radius 2 is 1.97 bits per heavy atom. The number of aromatic nitrogens is 4. The van der Waals surface area contributed by atoms with Crippen LogP contribution in [-0.4, -0.2) is 40.1 Å². The fourth-order valence-corrected chi connectivity index (χ4v) is 4.00. The van der Waals surface area contributed by atoms with Crippen LogP contribution in [0.25, 0.3) is 21.9 Å². The number of halogens is 1. The number of ether oxygens (including phenoxy) is 1. The molecule has 31 heavy (non-hydrogen) atoms. The van der Waals surface area contributed by atoms with Gasteiger partial charge < -0.3 is 14.6 Å². The average molecular weight is 438 g/mol. The average Bonchev–Trinajstić information content (AvgIpc) is 3.04. The molecular weight excluding hydrogens is 413 g/mol. The van der Waals surface area contributed by atoms with Crippen molar-refractivity contribution in [3.8, 4) is 0 Å². The zero-order chi connectivity index (χ0) is 22.0. The van der Waals surface area contributed by atoms with Gasteiger partial charge in [-0.15, -0.1) is 0 Å². The number of anilines is 1. The zero-order valence-corrected chi connectivity index (χ0v) is 18.7. The van der Waals surface area contributed by atoms with Crippen molar-refractivity contribution in [1.29, 1.82) is 0 Å². The van der Waals surface area contributed by atoms with Crippen LogP contribution in [0.5, 0.6) is 0 Å². The number of nitrogens with one attached hydrogen (secondary N) is 1. The van der Waals surface area contributed by atoms with Crippen molar-refractivity contribution >= 4 is 41.7 Å². The standard InChI is InChI=1S/C22H24FN5O2Si/c1-31(2,3)11-10-30-14-28-18-8-9-24-13-17(18)16-5-7-20(26-21(16)28)27-22(29)15-4-6-19(23)25-12-15/h4-9,12-13H,10-11,14H2,1-3H3,(H,26,27,29). The second kappa shape index (κ2) is 8.52. The van der Waals surface area contributed by atoms with Crippen LogP contribution in [0.3, 0.4) is 0 Å². The lowest BCUT2D eigenvalue weighted by Gasteiger charge is -2.16. The molecule has 0 atom stereocenters. The van der Waals surface area contributed by atoms with E-state index in [0.717, 1.165) is 28.4 Å². The van der Waals surface area contributed by atoms with E-state index >= 15 is 0 Å². The van der Waals surface area contributed by atoms with Crippen LogP contribution in [-0.2, 0) is 11.5 Å². The van der Waals surface area contributed by atoms with Crippen molar-refractivity contribution < 1.29 is 13.9 Å². The Morgan fingerprint density at radius 3 is 2.71 bits per heavy atom. The second-order valence-corrected chi connectivity index (χ2v) is 14.2. The summed E-state index contributed by atoms with van der Waals surface area (Å²) in [4.78, 5) is 24.9. The van der Waals surface area contributed by atoms with Crippen molar-refractivity contribution in [3.63, 3.8) is 0 Å². The molecule has 4 heterocycles. The number of rotatable bonds is 7. The summed E-state index contributed by atoms with van der Waals surface area (Å²) in [6.07, 6.45) is 4.74. The largest absolute Gasteiger partial charge is 0.361 e. The number of amides is 1. The van der Waals surface area contributed by atoms with Crippen molar-refractivity contribution in [2.24, 2.45) is 0 Å². The minimum absolute atomic E-state index is 0.253. The molecule has 0 saturated carbocycles. The van der Waals surface area contributed by atoms with Gasteiger partial charge in [-0.25, -0.2) is 9.97 Å². The Kier molecular flexibility index (Phi) is 5.79. The first-order valence-electron chi connectivity index (χ1n) is 10.1. The second-order valence-electron chi connectivity index (χ2n) is 8.56. The van der Waals surface area contributed by atoms with Crippen LogP contribution < -0.4 is 5.32 Å². The Bertz CT molecular complexity index is 1230. The maximum absolute atomic E-state index is 13.0. The number of carbonyl (C=O) groups excluding carboxylic acids is 1. The van der Waals surface area contributed by atoms with E-state index in [1.807, 2.05) is 16.7 Å². The molecule has 4 aromatic rings. The number of carbonyl (C=O) groups is 1. The highest BCUT2D eigenvalue weighted by molar-refractivity contribution is 6.76. The summed E-state index contributed by atoms with van der Waals surface area (Å²) in [5.41, 5.74) is 1.92. The van der Waals surface area contributed by atoms with Gasteiger partial charge >= 0.3 is 0 Å². The van der Waals surface area contributed by atoms with Crippen molar-refractivity contribution in [2.45, 2.75) is 32.4 Å². The maximum Gasteiger partial charge on any atom is 0.258 e. The van der Waals surface area contributed by atoms with Gasteiger partial charge in [0.1, 0.15) is 18.2 Å². The predicted octanol–water partition coefficient (Wildman–Crippen LogP) is 4.68. The third-order valence-corrected chi connectivity index (χ3v) is 6.66. The SMILES string of the molecule is C[Si](C)(C)CCOCn1c2ccncc2c2ccc(NC(=O)c3ccc(F)nc3)nc21. The summed E-state index contributed by atoms with van der Waals surface area (Å²) in [6.45, 7) is 8.00. The Morgan fingerprint density at radius 1 is 1.13 bits per heavy atom. The molecule has 4 aromatic heterocycles. The summed E-state index contributed by atoms with van der Waals surface area (Å²) >= 11 is 0. The van der Waals surface area contributed by atoms with E-state index in [-0.39, 0.29) is 5.56 Å². The van der Waals surface area contributed by atoms with Gasteiger partial charge in [0.15, 0.2) is 0 Å². The molecule has 0 saturated heterocycles. The van der Waals surface area contributed by atoms with Crippen LogP contribution in [0.15, 0.2) is 48.9 Å². The topological polar surface area (TPSA) is 81.9 Å². The molecule has 0 unspecified atom stereocenters. The molecule has 0 aliphatic carbocycles. The third-order valence-electron chi connectivity index (χ3n) is 4.96. The van der Waals surface area contributed by atoms with Crippen molar-refractivity contribution in [1.82, 2.24) is 19.5 Å². The number of pyridine rings is 3. The minimum Gasteiger partial charge on any atom is -0.361 e. The molecule has 4 rings (SSSR count). The molecule has 160 valence electrons. The fourth-order valence-electron chi connectivity index (χ4n) is 3.24. The summed E-state index contributed by atoms with van der Waals surface area (Å²) in [6, 6.07) is 9.18. The minimum atomic E-state index is -1.19. The van der Waals surface area contributed by atoms with Gasteiger partial charge in [-0.1, -0.05) is 19.6 Å². The first-order chi connectivity index (χ1) is 14.8. The van der Waals surface area contributed by atoms with Crippen LogP contribution in [0.1, 0.15) is 10.4 Å². The monoisotopic (exact) mass is 437 g/mol. The summed E-state index contributed by atoms with van der Waals surface area (Å²) < 4.78 is 21.0. The molecule has 0 aromatic carbocycles. The van der Waals surface area contributed by atoms with E-state index in [4.69, 9.17) is 4.74 Å². The summed E-state index contributed by atoms with van der Waals surface area (Å²) in [5.74, 6) is -0.653. The van der Waals surface area contributed by atoms with Gasteiger partial charge in [-0.3, -0.25) is 9.78 Å². The smallest absolute Gasteiger partial charge is 0.258 e. The van der Waals surface area contributed by atoms with Gasteiger partial charge in [0.2, 0.25) is 5.95 Å². The van der Waals surface area contributed by atoms with Crippen LogP contribution in [0.2, 0.25) is 25.7 Å². The van der Waals surface area contributed by atoms with E-state index in [1.54, 1.807) is 18.5 Å². The molecule has 9 heteroatoms. The number of hydrogen-bond acceptors (Lipinski definition) is 5. The first kappa shape index (κ1) is 21.1. The number of nitrogens with zero attached hydrogens (tertiary/aromatic N) is 4. The van der Waals surface area contributed by atoms with Gasteiger partial charge in [-0.05, 0) is 36.4 Å². The van der Waals surface area contributed by atoms with Crippen molar-refractivity contribution in [3.05, 3.63) is 60.4 Å². The Labute approximate surface area is 180 Å². The lowest BCUT2D eigenvalue weighted by Crippen LogP contribution is -2.22. The highest BCUT2D eigenvalue weighted by Crippen LogP contribution is 2.28. The number of fused-ring (bicyclic) bond motifs is 3. The normalized spacial score (nSPS) is 11.9. The molecule has 1 N–H and O–H groups in total. The van der Waals surface area contributed by atoms with E-state index in [9.17, 15) is 9.18 Å². The lowest BCUT2D eigenvalue weighted by atomic mass is 10.2. The molecule has 0 spiro atoms. The van der Waals surface area contributed by atoms with E-state index in [1.165, 1.54) is 12.3 Å². The van der Waals surface area contributed by atoms with E-state index in [0.29, 0.717) is 24.8 Å². The van der Waals surface area contributed by atoms with Crippen LogP contribution in [0.4, 0.5) is 10.2 Å². The number of hydrogen-bond donors (Lipinski definition) is 1. The molecule has 0 fully saturated rings. The lowest BCUT2D eigenvalue weighted by molar-refractivity contribution is 0.0926. The summed E-state index contributed by atoms with van der Waals surface area (Å²) in [5, 5.41) is 4.65. The predicted molar refractivity (Wildman–Crippen MR) is 121 cm³/mol. The van der Waals surface area contributed by atoms with Crippen molar-refractivity contribution in [2.75, 3.05) is 11.9 Å². The molecular formula is C22H24FN5O2Si. The summed E-state index contributed by atoms with van der Waals surface area (Å²) in [7, 11) is -1.19. The van der Waals surface area contributed by atoms with Crippen LogP contribution >= 0.6 is 0 Å². The van der Waals surface area contributed by atoms with Crippen LogP contribution in [0, 0.1) is 5.95 Å². The van der Waals surface area contributed by atoms with Gasteiger partial charge in [-0.2, -0.15) is 4.39 Å². The molecule has 1 amide bonds. The molecule has 0 aliphatic rings. The molecule has 7 nitrogen and oxygen atoms in total. The molecule has 0 bridgehead atoms.